The van der Waals surface area contributed by atoms with E-state index in [9.17, 15) is 4.79 Å². The Kier molecular flexibility index (Phi) is 7.80. The molecule has 1 saturated heterocycles. The Bertz CT molecular complexity index is 245. The van der Waals surface area contributed by atoms with Gasteiger partial charge in [0.25, 0.3) is 0 Å². The van der Waals surface area contributed by atoms with Gasteiger partial charge in [0.2, 0.25) is 5.91 Å². The van der Waals surface area contributed by atoms with Crippen LogP contribution in [-0.4, -0.2) is 29.6 Å². The van der Waals surface area contributed by atoms with Crippen molar-refractivity contribution in [1.29, 1.82) is 0 Å². The molecule has 0 saturated carbocycles. The van der Waals surface area contributed by atoms with E-state index in [1.165, 1.54) is 19.3 Å². The van der Waals surface area contributed by atoms with E-state index >= 15 is 0 Å². The van der Waals surface area contributed by atoms with Gasteiger partial charge in [0.05, 0.1) is 0 Å². The number of likely N-dealkylation sites (tertiary alicyclic amines) is 1. The molecular formula is C15H29NOS. The molecule has 2 nitrogen and oxygen atoms in total. The third-order valence-corrected chi connectivity index (χ3v) is 4.40. The molecule has 0 aliphatic carbocycles. The molecule has 1 aliphatic heterocycles. The van der Waals surface area contributed by atoms with Crippen LogP contribution in [0.2, 0.25) is 0 Å². The van der Waals surface area contributed by atoms with Crippen LogP contribution >= 0.6 is 12.6 Å². The average Bonchev–Trinajstić information content (AvgIpc) is 2.51. The lowest BCUT2D eigenvalue weighted by atomic mass is 9.96. The van der Waals surface area contributed by atoms with Crippen LogP contribution in [0.5, 0.6) is 0 Å². The third kappa shape index (κ3) is 5.64. The highest BCUT2D eigenvalue weighted by Gasteiger charge is 2.21. The highest BCUT2D eigenvalue weighted by atomic mass is 32.1. The number of hydrogen-bond donors (Lipinski definition) is 1. The second kappa shape index (κ2) is 8.84. The van der Waals surface area contributed by atoms with Gasteiger partial charge >= 0.3 is 0 Å². The molecule has 0 aromatic carbocycles. The summed E-state index contributed by atoms with van der Waals surface area (Å²) in [5.74, 6) is 2.80. The Labute approximate surface area is 118 Å². The smallest absolute Gasteiger partial charge is 0.222 e. The second-order valence-electron chi connectivity index (χ2n) is 5.77. The molecule has 0 bridgehead atoms. The first kappa shape index (κ1) is 15.9. The van der Waals surface area contributed by atoms with Gasteiger partial charge in [-0.1, -0.05) is 26.7 Å². The molecule has 18 heavy (non-hydrogen) atoms. The summed E-state index contributed by atoms with van der Waals surface area (Å²) >= 11 is 4.27. The number of carbonyl (C=O) groups is 1. The lowest BCUT2D eigenvalue weighted by Gasteiger charge is -2.22. The fourth-order valence-corrected chi connectivity index (χ4v) is 3.21. The Balaban J connectivity index is 2.34. The summed E-state index contributed by atoms with van der Waals surface area (Å²) < 4.78 is 0. The molecule has 1 aliphatic rings. The van der Waals surface area contributed by atoms with Gasteiger partial charge in [-0.2, -0.15) is 12.6 Å². The number of nitrogens with zero attached hydrogens (tertiary/aromatic N) is 1. The van der Waals surface area contributed by atoms with Gasteiger partial charge in [0.15, 0.2) is 0 Å². The minimum absolute atomic E-state index is 0.381. The van der Waals surface area contributed by atoms with Crippen LogP contribution < -0.4 is 0 Å². The largest absolute Gasteiger partial charge is 0.343 e. The predicted molar refractivity (Wildman–Crippen MR) is 81.1 cm³/mol. The monoisotopic (exact) mass is 271 g/mol. The SMILES string of the molecule is CCCC1CCC(=O)N(CCC(C)CCS)CC1. The average molecular weight is 271 g/mol. The standard InChI is InChI=1S/C15H29NOS/c1-3-4-14-5-6-15(17)16(11-8-14)10-7-13(2)9-12-18/h13-14,18H,3-12H2,1-2H3. The van der Waals surface area contributed by atoms with Crippen molar-refractivity contribution in [3.05, 3.63) is 0 Å². The summed E-state index contributed by atoms with van der Waals surface area (Å²) in [5.41, 5.74) is 0. The zero-order valence-corrected chi connectivity index (χ0v) is 12.9. The van der Waals surface area contributed by atoms with Crippen molar-refractivity contribution in [1.82, 2.24) is 4.90 Å². The number of carbonyl (C=O) groups excluding carboxylic acids is 1. The number of amides is 1. The molecule has 0 aromatic rings. The molecule has 0 radical (unpaired) electrons. The molecule has 0 aromatic heterocycles. The molecule has 1 heterocycles. The minimum Gasteiger partial charge on any atom is -0.343 e. The van der Waals surface area contributed by atoms with Gasteiger partial charge in [-0.05, 0) is 43.3 Å². The van der Waals surface area contributed by atoms with E-state index in [0.29, 0.717) is 11.8 Å². The molecule has 0 N–H and O–H groups in total. The summed E-state index contributed by atoms with van der Waals surface area (Å²) in [7, 11) is 0. The summed E-state index contributed by atoms with van der Waals surface area (Å²) in [6.07, 6.45) is 7.91. The van der Waals surface area contributed by atoms with Gasteiger partial charge in [-0.3, -0.25) is 4.79 Å². The van der Waals surface area contributed by atoms with Crippen molar-refractivity contribution in [2.24, 2.45) is 11.8 Å². The topological polar surface area (TPSA) is 20.3 Å². The molecule has 106 valence electrons. The maximum absolute atomic E-state index is 12.0. The Morgan fingerprint density at radius 3 is 2.83 bits per heavy atom. The molecule has 2 unspecified atom stereocenters. The summed E-state index contributed by atoms with van der Waals surface area (Å²) in [4.78, 5) is 14.1. The highest BCUT2D eigenvalue weighted by Crippen LogP contribution is 2.23. The molecule has 0 spiro atoms. The van der Waals surface area contributed by atoms with Crippen molar-refractivity contribution in [3.63, 3.8) is 0 Å². The number of thiol groups is 1. The van der Waals surface area contributed by atoms with Gasteiger partial charge in [0.1, 0.15) is 0 Å². The van der Waals surface area contributed by atoms with E-state index < -0.39 is 0 Å². The fraction of sp³-hybridized carbons (Fsp3) is 0.933. The lowest BCUT2D eigenvalue weighted by molar-refractivity contribution is -0.130. The van der Waals surface area contributed by atoms with Gasteiger partial charge in [0, 0.05) is 19.5 Å². The van der Waals surface area contributed by atoms with Crippen LogP contribution in [-0.2, 0) is 4.79 Å². The van der Waals surface area contributed by atoms with E-state index in [4.69, 9.17) is 0 Å². The minimum atomic E-state index is 0.381. The van der Waals surface area contributed by atoms with Crippen LogP contribution in [0.3, 0.4) is 0 Å². The van der Waals surface area contributed by atoms with Crippen LogP contribution in [0.15, 0.2) is 0 Å². The van der Waals surface area contributed by atoms with Gasteiger partial charge in [-0.15, -0.1) is 0 Å². The maximum Gasteiger partial charge on any atom is 0.222 e. The van der Waals surface area contributed by atoms with Gasteiger partial charge < -0.3 is 4.90 Å². The zero-order valence-electron chi connectivity index (χ0n) is 12.0. The molecule has 1 amide bonds. The van der Waals surface area contributed by atoms with Gasteiger partial charge in [-0.25, -0.2) is 0 Å². The van der Waals surface area contributed by atoms with Crippen LogP contribution in [0.1, 0.15) is 58.8 Å². The summed E-state index contributed by atoms with van der Waals surface area (Å²) in [6.45, 7) is 6.44. The molecule has 1 fully saturated rings. The maximum atomic E-state index is 12.0. The van der Waals surface area contributed by atoms with E-state index in [-0.39, 0.29) is 0 Å². The molecule has 3 heteroatoms. The summed E-state index contributed by atoms with van der Waals surface area (Å²) in [5, 5.41) is 0. The van der Waals surface area contributed by atoms with Crippen LogP contribution in [0.25, 0.3) is 0 Å². The molecular weight excluding hydrogens is 242 g/mol. The van der Waals surface area contributed by atoms with Crippen molar-refractivity contribution in [3.8, 4) is 0 Å². The normalized spacial score (nSPS) is 22.9. The van der Waals surface area contributed by atoms with Crippen molar-refractivity contribution in [2.45, 2.75) is 58.8 Å². The highest BCUT2D eigenvalue weighted by molar-refractivity contribution is 7.80. The Morgan fingerprint density at radius 1 is 1.39 bits per heavy atom. The zero-order chi connectivity index (χ0) is 13.4. The van der Waals surface area contributed by atoms with Crippen LogP contribution in [0.4, 0.5) is 0 Å². The van der Waals surface area contributed by atoms with E-state index in [0.717, 1.165) is 50.4 Å². The molecule has 2 atom stereocenters. The van der Waals surface area contributed by atoms with Crippen molar-refractivity contribution < 1.29 is 4.79 Å². The third-order valence-electron chi connectivity index (χ3n) is 4.14. The first-order valence-corrected chi connectivity index (χ1v) is 8.19. The van der Waals surface area contributed by atoms with E-state index in [1.807, 2.05) is 0 Å². The Morgan fingerprint density at radius 2 is 2.17 bits per heavy atom. The quantitative estimate of drug-likeness (QED) is 0.699. The number of hydrogen-bond acceptors (Lipinski definition) is 2. The van der Waals surface area contributed by atoms with Crippen molar-refractivity contribution in [2.75, 3.05) is 18.8 Å². The fourth-order valence-electron chi connectivity index (χ4n) is 2.77. The first-order valence-electron chi connectivity index (χ1n) is 7.56. The molecule has 1 rings (SSSR count). The predicted octanol–water partition coefficient (Wildman–Crippen LogP) is 3.76. The van der Waals surface area contributed by atoms with E-state index in [1.54, 1.807) is 0 Å². The van der Waals surface area contributed by atoms with Crippen LogP contribution in [0, 0.1) is 11.8 Å². The number of rotatable bonds is 7. The lowest BCUT2D eigenvalue weighted by Crippen LogP contribution is -2.32. The first-order chi connectivity index (χ1) is 8.67. The summed E-state index contributed by atoms with van der Waals surface area (Å²) in [6, 6.07) is 0. The second-order valence-corrected chi connectivity index (χ2v) is 6.22. The van der Waals surface area contributed by atoms with E-state index in [2.05, 4.69) is 31.4 Å². The Hall–Kier alpha value is -0.180. The van der Waals surface area contributed by atoms with Crippen molar-refractivity contribution >= 4 is 18.5 Å².